The van der Waals surface area contributed by atoms with E-state index in [4.69, 9.17) is 0 Å². The van der Waals surface area contributed by atoms with E-state index in [-0.39, 0.29) is 11.8 Å². The molecule has 0 spiro atoms. The molecule has 0 aliphatic rings. The Kier molecular flexibility index (Phi) is 7.60. The molecule has 0 aromatic heterocycles. The molecule has 0 saturated heterocycles. The van der Waals surface area contributed by atoms with Gasteiger partial charge in [0.1, 0.15) is 0 Å². The van der Waals surface area contributed by atoms with Crippen LogP contribution in [0.15, 0.2) is 66.7 Å². The van der Waals surface area contributed by atoms with Crippen LogP contribution in [0.4, 0.5) is 11.4 Å². The van der Waals surface area contributed by atoms with Crippen molar-refractivity contribution in [1.29, 1.82) is 0 Å². The lowest BCUT2D eigenvalue weighted by molar-refractivity contribution is -0.116. The summed E-state index contributed by atoms with van der Waals surface area (Å²) in [5.74, 6) is -0.0551. The number of rotatable bonds is 8. The van der Waals surface area contributed by atoms with Crippen LogP contribution in [0.25, 0.3) is 0 Å². The van der Waals surface area contributed by atoms with Crippen LogP contribution < -0.4 is 10.6 Å². The molecule has 3 aromatic carbocycles. The Hall–Kier alpha value is -3.40. The highest BCUT2D eigenvalue weighted by atomic mass is 16.2. The van der Waals surface area contributed by atoms with Gasteiger partial charge in [0, 0.05) is 24.2 Å². The average Bonchev–Trinajstić information content (AvgIpc) is 2.78. The first-order chi connectivity index (χ1) is 14.9. The van der Waals surface area contributed by atoms with Crippen molar-refractivity contribution in [2.24, 2.45) is 0 Å². The Morgan fingerprint density at radius 1 is 0.645 bits per heavy atom. The molecular weight excluding hydrogens is 384 g/mol. The van der Waals surface area contributed by atoms with Gasteiger partial charge in [-0.25, -0.2) is 0 Å². The van der Waals surface area contributed by atoms with Gasteiger partial charge in [-0.3, -0.25) is 9.59 Å². The van der Waals surface area contributed by atoms with E-state index in [2.05, 4.69) is 10.6 Å². The van der Waals surface area contributed by atoms with Crippen LogP contribution in [0.5, 0.6) is 0 Å². The number of anilines is 2. The molecule has 31 heavy (non-hydrogen) atoms. The monoisotopic (exact) mass is 414 g/mol. The van der Waals surface area contributed by atoms with Crippen LogP contribution in [-0.4, -0.2) is 11.8 Å². The maximum atomic E-state index is 12.6. The lowest BCUT2D eigenvalue weighted by atomic mass is 10.0. The molecule has 2 amide bonds. The molecule has 0 aliphatic heterocycles. The molecule has 4 heteroatoms. The van der Waals surface area contributed by atoms with Crippen molar-refractivity contribution in [3.05, 3.63) is 94.5 Å². The second-order valence-electron chi connectivity index (χ2n) is 7.95. The van der Waals surface area contributed by atoms with Crippen molar-refractivity contribution in [1.82, 2.24) is 0 Å². The standard InChI is InChI=1S/C27H30N2O2/c1-19-18-20(2)27(29-25(31)17-15-23-12-8-5-9-13-23)21(3)26(19)28-24(30)16-14-22-10-6-4-7-11-22/h4-13,18H,14-17H2,1-3H3,(H,28,30)(H,29,31). The molecule has 2 N–H and O–H groups in total. The minimum atomic E-state index is -0.0275. The molecule has 0 unspecified atom stereocenters. The predicted molar refractivity (Wildman–Crippen MR) is 127 cm³/mol. The van der Waals surface area contributed by atoms with Gasteiger partial charge in [-0.1, -0.05) is 66.7 Å². The second-order valence-corrected chi connectivity index (χ2v) is 7.95. The zero-order chi connectivity index (χ0) is 22.2. The third kappa shape index (κ3) is 6.29. The van der Waals surface area contributed by atoms with E-state index < -0.39 is 0 Å². The Morgan fingerprint density at radius 3 is 1.42 bits per heavy atom. The average molecular weight is 415 g/mol. The van der Waals surface area contributed by atoms with Gasteiger partial charge in [0.15, 0.2) is 0 Å². The maximum Gasteiger partial charge on any atom is 0.224 e. The van der Waals surface area contributed by atoms with Gasteiger partial charge in [0.25, 0.3) is 0 Å². The second kappa shape index (κ2) is 10.6. The van der Waals surface area contributed by atoms with Gasteiger partial charge >= 0.3 is 0 Å². The third-order valence-corrected chi connectivity index (χ3v) is 5.47. The van der Waals surface area contributed by atoms with Crippen molar-refractivity contribution in [3.63, 3.8) is 0 Å². The van der Waals surface area contributed by atoms with Crippen LogP contribution >= 0.6 is 0 Å². The first kappa shape index (κ1) is 22.3. The van der Waals surface area contributed by atoms with E-state index in [9.17, 15) is 9.59 Å². The maximum absolute atomic E-state index is 12.6. The van der Waals surface area contributed by atoms with E-state index >= 15 is 0 Å². The van der Waals surface area contributed by atoms with Crippen molar-refractivity contribution in [2.75, 3.05) is 10.6 Å². The molecule has 0 atom stereocenters. The number of amides is 2. The fourth-order valence-corrected chi connectivity index (χ4v) is 3.78. The predicted octanol–water partition coefficient (Wildman–Crippen LogP) is 5.75. The number of hydrogen-bond donors (Lipinski definition) is 2. The Bertz CT molecular complexity index is 962. The zero-order valence-electron chi connectivity index (χ0n) is 18.5. The van der Waals surface area contributed by atoms with E-state index in [0.717, 1.165) is 39.2 Å². The molecule has 4 nitrogen and oxygen atoms in total. The summed E-state index contributed by atoms with van der Waals surface area (Å²) in [6.45, 7) is 5.90. The first-order valence-corrected chi connectivity index (χ1v) is 10.7. The van der Waals surface area contributed by atoms with Crippen molar-refractivity contribution < 1.29 is 9.59 Å². The van der Waals surface area contributed by atoms with Crippen LogP contribution in [0.3, 0.4) is 0 Å². The normalized spacial score (nSPS) is 10.5. The summed E-state index contributed by atoms with van der Waals surface area (Å²) in [6, 6.07) is 22.0. The highest BCUT2D eigenvalue weighted by molar-refractivity contribution is 5.97. The van der Waals surface area contributed by atoms with Gasteiger partial charge in [-0.15, -0.1) is 0 Å². The molecular formula is C27H30N2O2. The van der Waals surface area contributed by atoms with Gasteiger partial charge in [-0.2, -0.15) is 0 Å². The Balaban J connectivity index is 1.65. The molecule has 0 fully saturated rings. The fraction of sp³-hybridized carbons (Fsp3) is 0.259. The lowest BCUT2D eigenvalue weighted by Crippen LogP contribution is -2.18. The first-order valence-electron chi connectivity index (χ1n) is 10.7. The molecule has 3 aromatic rings. The quantitative estimate of drug-likeness (QED) is 0.493. The summed E-state index contributed by atoms with van der Waals surface area (Å²) >= 11 is 0. The molecule has 0 bridgehead atoms. The minimum absolute atomic E-state index is 0.0275. The minimum Gasteiger partial charge on any atom is -0.326 e. The fourth-order valence-electron chi connectivity index (χ4n) is 3.78. The molecule has 0 radical (unpaired) electrons. The van der Waals surface area contributed by atoms with E-state index in [1.54, 1.807) is 0 Å². The summed E-state index contributed by atoms with van der Waals surface area (Å²) in [4.78, 5) is 25.1. The zero-order valence-corrected chi connectivity index (χ0v) is 18.5. The van der Waals surface area contributed by atoms with Crippen LogP contribution in [0, 0.1) is 20.8 Å². The van der Waals surface area contributed by atoms with Crippen molar-refractivity contribution >= 4 is 23.2 Å². The Labute approximate surface area is 184 Å². The summed E-state index contributed by atoms with van der Waals surface area (Å²) in [5.41, 5.74) is 6.71. The van der Waals surface area contributed by atoms with Gasteiger partial charge in [-0.05, 0) is 61.4 Å². The van der Waals surface area contributed by atoms with Gasteiger partial charge in [0.05, 0.1) is 0 Å². The molecule has 160 valence electrons. The van der Waals surface area contributed by atoms with E-state index in [1.807, 2.05) is 87.5 Å². The Morgan fingerprint density at radius 2 is 1.03 bits per heavy atom. The van der Waals surface area contributed by atoms with E-state index in [1.165, 1.54) is 0 Å². The molecule has 3 rings (SSSR count). The topological polar surface area (TPSA) is 58.2 Å². The molecule has 0 saturated carbocycles. The smallest absolute Gasteiger partial charge is 0.224 e. The van der Waals surface area contributed by atoms with Crippen LogP contribution in [-0.2, 0) is 22.4 Å². The number of carbonyl (C=O) groups is 2. The van der Waals surface area contributed by atoms with Crippen molar-refractivity contribution in [3.8, 4) is 0 Å². The number of carbonyl (C=O) groups excluding carboxylic acids is 2. The number of hydrogen-bond acceptors (Lipinski definition) is 2. The van der Waals surface area contributed by atoms with E-state index in [0.29, 0.717) is 25.7 Å². The summed E-state index contributed by atoms with van der Waals surface area (Å²) in [7, 11) is 0. The number of nitrogens with one attached hydrogen (secondary N) is 2. The largest absolute Gasteiger partial charge is 0.326 e. The van der Waals surface area contributed by atoms with Gasteiger partial charge < -0.3 is 10.6 Å². The highest BCUT2D eigenvalue weighted by Crippen LogP contribution is 2.31. The SMILES string of the molecule is Cc1cc(C)c(NC(=O)CCc2ccccc2)c(C)c1NC(=O)CCc1ccccc1. The molecule has 0 aliphatic carbocycles. The summed E-state index contributed by atoms with van der Waals surface area (Å²) in [6.07, 6.45) is 2.21. The number of aryl methyl sites for hydroxylation is 4. The van der Waals surface area contributed by atoms with Crippen LogP contribution in [0.2, 0.25) is 0 Å². The summed E-state index contributed by atoms with van der Waals surface area (Å²) < 4.78 is 0. The summed E-state index contributed by atoms with van der Waals surface area (Å²) in [5, 5.41) is 6.11. The van der Waals surface area contributed by atoms with Crippen LogP contribution in [0.1, 0.15) is 40.7 Å². The number of benzene rings is 3. The lowest BCUT2D eigenvalue weighted by Gasteiger charge is -2.19. The third-order valence-electron chi connectivity index (χ3n) is 5.47. The van der Waals surface area contributed by atoms with Gasteiger partial charge in [0.2, 0.25) is 11.8 Å². The molecule has 0 heterocycles. The van der Waals surface area contributed by atoms with Crippen molar-refractivity contribution in [2.45, 2.75) is 46.5 Å². The highest BCUT2D eigenvalue weighted by Gasteiger charge is 2.15.